The first kappa shape index (κ1) is 38.6. The fourth-order valence-corrected chi connectivity index (χ4v) is 6.89. The van der Waals surface area contributed by atoms with Gasteiger partial charge in [0.15, 0.2) is 0 Å². The van der Waals surface area contributed by atoms with Crippen LogP contribution in [0.2, 0.25) is 0 Å². The molecule has 0 atom stereocenters. The predicted molar refractivity (Wildman–Crippen MR) is 194 cm³/mol. The zero-order valence-electron chi connectivity index (χ0n) is 29.9. The number of hydrogen-bond donors (Lipinski definition) is 0. The second-order valence-electron chi connectivity index (χ2n) is 13.9. The molecule has 1 aromatic heterocycles. The number of aromatic nitrogens is 2. The van der Waals surface area contributed by atoms with Gasteiger partial charge in [-0.15, -0.1) is 0 Å². The van der Waals surface area contributed by atoms with Crippen molar-refractivity contribution in [1.29, 1.82) is 0 Å². The van der Waals surface area contributed by atoms with Crippen molar-refractivity contribution >= 4 is 0 Å². The summed E-state index contributed by atoms with van der Waals surface area (Å²) >= 11 is 0. The molecule has 0 saturated carbocycles. The van der Waals surface area contributed by atoms with E-state index in [1.54, 1.807) is 5.82 Å². The topological polar surface area (TPSA) is 8.81 Å². The van der Waals surface area contributed by atoms with E-state index in [0.29, 0.717) is 0 Å². The Morgan fingerprint density at radius 1 is 0.455 bits per heavy atom. The molecule has 0 aliphatic rings. The summed E-state index contributed by atoms with van der Waals surface area (Å²) in [5.41, 5.74) is 1.47. The standard InChI is InChI=1S/C42H75N2/c1-3-5-7-9-11-13-15-16-17-18-19-20-22-24-26-31-37-43-39-40-44(38-32-35-41-33-28-27-29-34-41)42(43)36-30-25-23-21-14-12-10-8-6-4-2/h27-29,33-34,39-40H,3-26,30-32,35-38H2,1-2H3/q+1. The third-order valence-electron chi connectivity index (χ3n) is 9.80. The molecular formula is C42H75N2+. The lowest BCUT2D eigenvalue weighted by Gasteiger charge is -2.07. The summed E-state index contributed by atoms with van der Waals surface area (Å²) in [6, 6.07) is 11.0. The summed E-state index contributed by atoms with van der Waals surface area (Å²) < 4.78 is 5.20. The summed E-state index contributed by atoms with van der Waals surface area (Å²) in [6.07, 6.45) is 45.6. The summed E-state index contributed by atoms with van der Waals surface area (Å²) in [5.74, 6) is 1.58. The van der Waals surface area contributed by atoms with Gasteiger partial charge in [0.05, 0.1) is 13.1 Å². The fourth-order valence-electron chi connectivity index (χ4n) is 6.89. The molecule has 0 bridgehead atoms. The molecular weight excluding hydrogens is 532 g/mol. The van der Waals surface area contributed by atoms with Crippen LogP contribution in [0.5, 0.6) is 0 Å². The molecule has 2 heteroatoms. The molecule has 44 heavy (non-hydrogen) atoms. The van der Waals surface area contributed by atoms with Gasteiger partial charge in [-0.25, -0.2) is 9.13 Å². The molecule has 0 aliphatic heterocycles. The normalized spacial score (nSPS) is 11.5. The third kappa shape index (κ3) is 20.5. The van der Waals surface area contributed by atoms with Crippen LogP contribution >= 0.6 is 0 Å². The van der Waals surface area contributed by atoms with Crippen molar-refractivity contribution in [2.24, 2.45) is 0 Å². The lowest BCUT2D eigenvalue weighted by Crippen LogP contribution is -2.37. The first-order valence-corrected chi connectivity index (χ1v) is 20.0. The molecule has 1 aromatic carbocycles. The summed E-state index contributed by atoms with van der Waals surface area (Å²) in [6.45, 7) is 6.97. The van der Waals surface area contributed by atoms with Gasteiger partial charge in [0.2, 0.25) is 0 Å². The quantitative estimate of drug-likeness (QED) is 0.0578. The molecule has 252 valence electrons. The van der Waals surface area contributed by atoms with Crippen molar-refractivity contribution in [1.82, 2.24) is 4.57 Å². The van der Waals surface area contributed by atoms with Crippen LogP contribution in [0.25, 0.3) is 0 Å². The van der Waals surface area contributed by atoms with Crippen molar-refractivity contribution in [3.05, 3.63) is 54.1 Å². The summed E-state index contributed by atoms with van der Waals surface area (Å²) in [7, 11) is 0. The molecule has 2 nitrogen and oxygen atoms in total. The summed E-state index contributed by atoms with van der Waals surface area (Å²) in [5, 5.41) is 0. The average molecular weight is 608 g/mol. The maximum atomic E-state index is 2.61. The Bertz CT molecular complexity index is 854. The van der Waals surface area contributed by atoms with E-state index in [1.807, 2.05) is 0 Å². The number of rotatable bonds is 32. The van der Waals surface area contributed by atoms with Gasteiger partial charge in [0.25, 0.3) is 5.82 Å². The van der Waals surface area contributed by atoms with Crippen molar-refractivity contribution in [3.8, 4) is 0 Å². The van der Waals surface area contributed by atoms with Crippen LogP contribution in [0, 0.1) is 0 Å². The number of nitrogens with zero attached hydrogens (tertiary/aromatic N) is 2. The van der Waals surface area contributed by atoms with Gasteiger partial charge in [-0.2, -0.15) is 0 Å². The molecule has 0 radical (unpaired) electrons. The molecule has 2 rings (SSSR count). The molecule has 0 amide bonds. The maximum absolute atomic E-state index is 2.61. The number of unbranched alkanes of at least 4 members (excludes halogenated alkanes) is 24. The van der Waals surface area contributed by atoms with Crippen molar-refractivity contribution in [2.75, 3.05) is 0 Å². The predicted octanol–water partition coefficient (Wildman–Crippen LogP) is 13.1. The Hall–Kier alpha value is -1.57. The van der Waals surface area contributed by atoms with Crippen molar-refractivity contribution < 1.29 is 4.57 Å². The lowest BCUT2D eigenvalue weighted by atomic mass is 10.0. The minimum atomic E-state index is 1.15. The Labute approximate surface area is 275 Å². The Morgan fingerprint density at radius 2 is 0.886 bits per heavy atom. The van der Waals surface area contributed by atoms with Gasteiger partial charge in [0, 0.05) is 6.42 Å². The minimum absolute atomic E-state index is 1.15. The van der Waals surface area contributed by atoms with Crippen LogP contribution in [-0.4, -0.2) is 4.57 Å². The highest BCUT2D eigenvalue weighted by atomic mass is 15.1. The minimum Gasteiger partial charge on any atom is -0.234 e. The molecule has 0 N–H and O–H groups in total. The molecule has 0 saturated heterocycles. The van der Waals surface area contributed by atoms with Crippen LogP contribution < -0.4 is 4.57 Å². The highest BCUT2D eigenvalue weighted by molar-refractivity contribution is 5.14. The molecule has 0 fully saturated rings. The SMILES string of the molecule is CCCCCCCCCCCCCCCCCCn1cc[n+](CCCc2ccccc2)c1CCCCCCCCCCCC. The largest absolute Gasteiger partial charge is 0.256 e. The second-order valence-corrected chi connectivity index (χ2v) is 13.9. The molecule has 2 aromatic rings. The summed E-state index contributed by atoms with van der Waals surface area (Å²) in [4.78, 5) is 0. The zero-order valence-corrected chi connectivity index (χ0v) is 29.9. The van der Waals surface area contributed by atoms with Gasteiger partial charge < -0.3 is 0 Å². The van der Waals surface area contributed by atoms with E-state index >= 15 is 0 Å². The fraction of sp³-hybridized carbons (Fsp3) is 0.786. The van der Waals surface area contributed by atoms with Crippen LogP contribution in [0.3, 0.4) is 0 Å². The Balaban J connectivity index is 1.59. The van der Waals surface area contributed by atoms with Crippen molar-refractivity contribution in [2.45, 2.75) is 213 Å². The Morgan fingerprint density at radius 3 is 1.36 bits per heavy atom. The van der Waals surface area contributed by atoms with E-state index in [0.717, 1.165) is 6.54 Å². The van der Waals surface area contributed by atoms with Gasteiger partial charge in [-0.1, -0.05) is 192 Å². The molecule has 1 heterocycles. The van der Waals surface area contributed by atoms with E-state index < -0.39 is 0 Å². The van der Waals surface area contributed by atoms with Crippen LogP contribution in [-0.2, 0) is 25.9 Å². The number of benzene rings is 1. The van der Waals surface area contributed by atoms with E-state index in [1.165, 1.54) is 198 Å². The molecule has 0 aliphatic carbocycles. The van der Waals surface area contributed by atoms with Gasteiger partial charge in [0.1, 0.15) is 12.4 Å². The zero-order chi connectivity index (χ0) is 31.2. The number of hydrogen-bond acceptors (Lipinski definition) is 0. The number of aryl methyl sites for hydroxylation is 3. The van der Waals surface area contributed by atoms with Gasteiger partial charge in [-0.05, 0) is 37.7 Å². The highest BCUT2D eigenvalue weighted by Crippen LogP contribution is 2.15. The first-order valence-electron chi connectivity index (χ1n) is 20.0. The smallest absolute Gasteiger partial charge is 0.234 e. The molecule has 0 unspecified atom stereocenters. The highest BCUT2D eigenvalue weighted by Gasteiger charge is 2.16. The van der Waals surface area contributed by atoms with Crippen LogP contribution in [0.15, 0.2) is 42.7 Å². The van der Waals surface area contributed by atoms with E-state index in [2.05, 4.69) is 65.7 Å². The van der Waals surface area contributed by atoms with Gasteiger partial charge in [-0.3, -0.25) is 0 Å². The average Bonchev–Trinajstić information content (AvgIpc) is 3.43. The van der Waals surface area contributed by atoms with Gasteiger partial charge >= 0.3 is 0 Å². The lowest BCUT2D eigenvalue weighted by molar-refractivity contribution is -0.704. The van der Waals surface area contributed by atoms with Crippen LogP contribution in [0.4, 0.5) is 0 Å². The molecule has 0 spiro atoms. The number of imidazole rings is 1. The van der Waals surface area contributed by atoms with E-state index in [4.69, 9.17) is 0 Å². The van der Waals surface area contributed by atoms with E-state index in [9.17, 15) is 0 Å². The second kappa shape index (κ2) is 28.9. The Kier molecular flexibility index (Phi) is 25.3. The maximum Gasteiger partial charge on any atom is 0.256 e. The third-order valence-corrected chi connectivity index (χ3v) is 9.80. The first-order chi connectivity index (χ1) is 21.8. The van der Waals surface area contributed by atoms with Crippen LogP contribution in [0.1, 0.15) is 199 Å². The van der Waals surface area contributed by atoms with E-state index in [-0.39, 0.29) is 0 Å². The monoisotopic (exact) mass is 608 g/mol. The van der Waals surface area contributed by atoms with Crippen molar-refractivity contribution in [3.63, 3.8) is 0 Å².